The van der Waals surface area contributed by atoms with Crippen molar-refractivity contribution >= 4 is 5.69 Å². The molecule has 1 aromatic heterocycles. The summed E-state index contributed by atoms with van der Waals surface area (Å²) in [6.45, 7) is 8.96. The minimum atomic E-state index is 0.0174. The van der Waals surface area contributed by atoms with E-state index < -0.39 is 0 Å². The standard InChI is InChI=1S/C15H25N3/c1-4-15(3)7-9-18(10-8-15)13-5-6-14(12(2)16)17-11-13/h5-6,11-12H,4,7-10,16H2,1-3H3/t12-/m1/s1. The summed E-state index contributed by atoms with van der Waals surface area (Å²) in [5.41, 5.74) is 8.56. The number of rotatable bonds is 3. The summed E-state index contributed by atoms with van der Waals surface area (Å²) < 4.78 is 0. The Morgan fingerprint density at radius 2 is 2.06 bits per heavy atom. The maximum atomic E-state index is 5.82. The summed E-state index contributed by atoms with van der Waals surface area (Å²) in [5, 5.41) is 0. The van der Waals surface area contributed by atoms with Crippen LogP contribution in [0.5, 0.6) is 0 Å². The molecule has 100 valence electrons. The van der Waals surface area contributed by atoms with Crippen LogP contribution >= 0.6 is 0 Å². The zero-order chi connectivity index (χ0) is 13.2. The SMILES string of the molecule is CCC1(C)CCN(c2ccc([C@@H](C)N)nc2)CC1. The van der Waals surface area contributed by atoms with Crippen molar-refractivity contribution in [3.8, 4) is 0 Å². The Morgan fingerprint density at radius 1 is 1.39 bits per heavy atom. The van der Waals surface area contributed by atoms with Crippen molar-refractivity contribution in [1.29, 1.82) is 0 Å². The fourth-order valence-electron chi connectivity index (χ4n) is 2.51. The number of pyridine rings is 1. The summed E-state index contributed by atoms with van der Waals surface area (Å²) in [6.07, 6.45) is 5.80. The van der Waals surface area contributed by atoms with Gasteiger partial charge in [-0.25, -0.2) is 0 Å². The van der Waals surface area contributed by atoms with Gasteiger partial charge >= 0.3 is 0 Å². The molecule has 1 fully saturated rings. The average Bonchev–Trinajstić information content (AvgIpc) is 2.40. The first-order valence-corrected chi connectivity index (χ1v) is 7.00. The Kier molecular flexibility index (Phi) is 3.91. The molecule has 3 nitrogen and oxygen atoms in total. The Morgan fingerprint density at radius 3 is 2.50 bits per heavy atom. The number of anilines is 1. The third kappa shape index (κ3) is 2.83. The molecule has 0 bridgehead atoms. The largest absolute Gasteiger partial charge is 0.370 e. The summed E-state index contributed by atoms with van der Waals surface area (Å²) >= 11 is 0. The molecule has 0 aromatic carbocycles. The second-order valence-corrected chi connectivity index (χ2v) is 5.88. The lowest BCUT2D eigenvalue weighted by Crippen LogP contribution is -2.38. The van der Waals surface area contributed by atoms with Gasteiger partial charge in [0, 0.05) is 19.1 Å². The van der Waals surface area contributed by atoms with Gasteiger partial charge in [-0.15, -0.1) is 0 Å². The third-order valence-electron chi connectivity index (χ3n) is 4.43. The van der Waals surface area contributed by atoms with Crippen LogP contribution in [0.3, 0.4) is 0 Å². The summed E-state index contributed by atoms with van der Waals surface area (Å²) in [6, 6.07) is 4.22. The highest BCUT2D eigenvalue weighted by Crippen LogP contribution is 2.35. The Labute approximate surface area is 110 Å². The predicted octanol–water partition coefficient (Wildman–Crippen LogP) is 3.12. The first-order chi connectivity index (χ1) is 8.54. The highest BCUT2D eigenvalue weighted by Gasteiger charge is 2.28. The fourth-order valence-corrected chi connectivity index (χ4v) is 2.51. The first kappa shape index (κ1) is 13.3. The molecular weight excluding hydrogens is 222 g/mol. The highest BCUT2D eigenvalue weighted by molar-refractivity contribution is 5.45. The highest BCUT2D eigenvalue weighted by atomic mass is 15.1. The van der Waals surface area contributed by atoms with E-state index in [1.165, 1.54) is 24.9 Å². The van der Waals surface area contributed by atoms with Crippen molar-refractivity contribution in [2.75, 3.05) is 18.0 Å². The van der Waals surface area contributed by atoms with Crippen molar-refractivity contribution in [1.82, 2.24) is 4.98 Å². The molecule has 1 aliphatic rings. The van der Waals surface area contributed by atoms with E-state index in [4.69, 9.17) is 5.73 Å². The number of piperidine rings is 1. The van der Waals surface area contributed by atoms with Gasteiger partial charge in [0.15, 0.2) is 0 Å². The van der Waals surface area contributed by atoms with Crippen LogP contribution in [0.25, 0.3) is 0 Å². The number of nitrogens with two attached hydrogens (primary N) is 1. The van der Waals surface area contributed by atoms with Gasteiger partial charge in [-0.3, -0.25) is 4.98 Å². The zero-order valence-corrected chi connectivity index (χ0v) is 11.8. The van der Waals surface area contributed by atoms with Crippen molar-refractivity contribution in [2.24, 2.45) is 11.1 Å². The molecule has 0 unspecified atom stereocenters. The molecule has 0 amide bonds. The van der Waals surface area contributed by atoms with Crippen LogP contribution in [-0.2, 0) is 0 Å². The van der Waals surface area contributed by atoms with E-state index in [1.54, 1.807) is 0 Å². The minimum Gasteiger partial charge on any atom is -0.370 e. The molecule has 1 saturated heterocycles. The molecule has 1 aliphatic heterocycles. The van der Waals surface area contributed by atoms with E-state index in [2.05, 4.69) is 29.8 Å². The number of hydrogen-bond donors (Lipinski definition) is 1. The van der Waals surface area contributed by atoms with Crippen LogP contribution < -0.4 is 10.6 Å². The Hall–Kier alpha value is -1.09. The molecule has 0 saturated carbocycles. The van der Waals surface area contributed by atoms with Gasteiger partial charge in [-0.05, 0) is 37.3 Å². The average molecular weight is 247 g/mol. The van der Waals surface area contributed by atoms with E-state index in [0.29, 0.717) is 5.41 Å². The van der Waals surface area contributed by atoms with Gasteiger partial charge in [0.2, 0.25) is 0 Å². The number of aromatic nitrogens is 1. The lowest BCUT2D eigenvalue weighted by Gasteiger charge is -2.40. The van der Waals surface area contributed by atoms with Gasteiger partial charge < -0.3 is 10.6 Å². The van der Waals surface area contributed by atoms with Crippen LogP contribution in [0, 0.1) is 5.41 Å². The minimum absolute atomic E-state index is 0.0174. The molecule has 18 heavy (non-hydrogen) atoms. The Balaban J connectivity index is 2.01. The number of nitrogens with zero attached hydrogens (tertiary/aromatic N) is 2. The fraction of sp³-hybridized carbons (Fsp3) is 0.667. The summed E-state index contributed by atoms with van der Waals surface area (Å²) in [4.78, 5) is 6.88. The predicted molar refractivity (Wildman–Crippen MR) is 76.7 cm³/mol. The van der Waals surface area contributed by atoms with Crippen LogP contribution in [0.2, 0.25) is 0 Å². The first-order valence-electron chi connectivity index (χ1n) is 7.00. The molecule has 1 atom stereocenters. The van der Waals surface area contributed by atoms with Gasteiger partial charge in [-0.1, -0.05) is 20.3 Å². The van der Waals surface area contributed by atoms with Gasteiger partial charge in [0.25, 0.3) is 0 Å². The summed E-state index contributed by atoms with van der Waals surface area (Å²) in [7, 11) is 0. The molecule has 1 aromatic rings. The smallest absolute Gasteiger partial charge is 0.0569 e. The van der Waals surface area contributed by atoms with Crippen LogP contribution in [0.15, 0.2) is 18.3 Å². The molecule has 0 spiro atoms. The quantitative estimate of drug-likeness (QED) is 0.892. The zero-order valence-electron chi connectivity index (χ0n) is 11.8. The van der Waals surface area contributed by atoms with Gasteiger partial charge in [0.1, 0.15) is 0 Å². The lowest BCUT2D eigenvalue weighted by atomic mass is 9.78. The summed E-state index contributed by atoms with van der Waals surface area (Å²) in [5.74, 6) is 0. The number of hydrogen-bond acceptors (Lipinski definition) is 3. The second kappa shape index (κ2) is 5.27. The van der Waals surface area contributed by atoms with Crippen molar-refractivity contribution in [3.05, 3.63) is 24.0 Å². The van der Waals surface area contributed by atoms with Gasteiger partial charge in [-0.2, -0.15) is 0 Å². The molecule has 2 N–H and O–H groups in total. The second-order valence-electron chi connectivity index (χ2n) is 5.88. The molecule has 0 aliphatic carbocycles. The van der Waals surface area contributed by atoms with E-state index in [1.807, 2.05) is 19.2 Å². The van der Waals surface area contributed by atoms with Crippen molar-refractivity contribution in [2.45, 2.75) is 46.1 Å². The van der Waals surface area contributed by atoms with Gasteiger partial charge in [0.05, 0.1) is 17.6 Å². The molecular formula is C15H25N3. The molecule has 0 radical (unpaired) electrons. The monoisotopic (exact) mass is 247 g/mol. The van der Waals surface area contributed by atoms with E-state index in [9.17, 15) is 0 Å². The topological polar surface area (TPSA) is 42.1 Å². The van der Waals surface area contributed by atoms with Crippen molar-refractivity contribution < 1.29 is 0 Å². The van der Waals surface area contributed by atoms with E-state index in [-0.39, 0.29) is 6.04 Å². The molecule has 3 heteroatoms. The molecule has 2 rings (SSSR count). The lowest BCUT2D eigenvalue weighted by molar-refractivity contribution is 0.238. The third-order valence-corrected chi connectivity index (χ3v) is 4.43. The van der Waals surface area contributed by atoms with E-state index in [0.717, 1.165) is 18.8 Å². The van der Waals surface area contributed by atoms with Crippen LogP contribution in [0.4, 0.5) is 5.69 Å². The maximum absolute atomic E-state index is 5.82. The maximum Gasteiger partial charge on any atom is 0.0569 e. The van der Waals surface area contributed by atoms with E-state index >= 15 is 0 Å². The normalized spacial score (nSPS) is 20.8. The molecule has 2 heterocycles. The van der Waals surface area contributed by atoms with Crippen LogP contribution in [0.1, 0.15) is 51.8 Å². The van der Waals surface area contributed by atoms with Crippen molar-refractivity contribution in [3.63, 3.8) is 0 Å². The Bertz CT molecular complexity index is 375. The van der Waals surface area contributed by atoms with Crippen LogP contribution in [-0.4, -0.2) is 18.1 Å².